The summed E-state index contributed by atoms with van der Waals surface area (Å²) in [6.45, 7) is 4.03. The standard InChI is InChI=1S/C22H43O5P/c1-3-5-7-9-11-13-15-17-21(23)19-26-28(25)27-20-22(24)18-16-14-12-10-8-6-4-2/h28H,3-20H2,1-2H3. The largest absolute Gasteiger partial charge is 0.319 e. The Labute approximate surface area is 173 Å². The first-order valence-corrected chi connectivity index (χ1v) is 12.7. The average molecular weight is 419 g/mol. The van der Waals surface area contributed by atoms with Crippen LogP contribution < -0.4 is 0 Å². The number of carbonyl (C=O) groups excluding carboxylic acids is 2. The minimum absolute atomic E-state index is 0.0510. The summed E-state index contributed by atoms with van der Waals surface area (Å²) < 4.78 is 21.6. The summed E-state index contributed by atoms with van der Waals surface area (Å²) >= 11 is 0. The molecule has 0 saturated carbocycles. The Balaban J connectivity index is 3.49. The second kappa shape index (κ2) is 21.2. The zero-order chi connectivity index (χ0) is 20.9. The number of carbonyl (C=O) groups is 2. The predicted octanol–water partition coefficient (Wildman–Crippen LogP) is 6.83. The summed E-state index contributed by atoms with van der Waals surface area (Å²) in [5.74, 6) is -0.102. The molecule has 0 aromatic carbocycles. The smallest absolute Gasteiger partial charge is 0.303 e. The number of hydrogen-bond acceptors (Lipinski definition) is 5. The molecular formula is C22H43O5P. The lowest BCUT2D eigenvalue weighted by molar-refractivity contribution is -0.121. The van der Waals surface area contributed by atoms with Gasteiger partial charge in [0.25, 0.3) is 0 Å². The summed E-state index contributed by atoms with van der Waals surface area (Å²) in [6, 6.07) is 0. The van der Waals surface area contributed by atoms with Gasteiger partial charge in [-0.05, 0) is 12.8 Å². The lowest BCUT2D eigenvalue weighted by atomic mass is 10.1. The Bertz CT molecular complexity index is 376. The molecule has 6 heteroatoms. The van der Waals surface area contributed by atoms with E-state index in [-0.39, 0.29) is 24.8 Å². The molecule has 0 aliphatic rings. The zero-order valence-electron chi connectivity index (χ0n) is 18.3. The molecule has 166 valence electrons. The van der Waals surface area contributed by atoms with Crippen molar-refractivity contribution in [2.75, 3.05) is 13.2 Å². The van der Waals surface area contributed by atoms with Crippen molar-refractivity contribution in [2.24, 2.45) is 0 Å². The molecule has 0 rings (SSSR count). The molecule has 0 amide bonds. The highest BCUT2D eigenvalue weighted by Crippen LogP contribution is 2.24. The minimum Gasteiger partial charge on any atom is -0.303 e. The predicted molar refractivity (Wildman–Crippen MR) is 116 cm³/mol. The fourth-order valence-electron chi connectivity index (χ4n) is 3.02. The fraction of sp³-hybridized carbons (Fsp3) is 0.909. The van der Waals surface area contributed by atoms with E-state index in [1.807, 2.05) is 0 Å². The van der Waals surface area contributed by atoms with Crippen LogP contribution in [-0.4, -0.2) is 24.8 Å². The lowest BCUT2D eigenvalue weighted by Gasteiger charge is -2.05. The third-order valence-corrected chi connectivity index (χ3v) is 5.58. The van der Waals surface area contributed by atoms with Crippen LogP contribution in [0.5, 0.6) is 0 Å². The van der Waals surface area contributed by atoms with E-state index in [4.69, 9.17) is 9.05 Å². The van der Waals surface area contributed by atoms with Crippen LogP contribution in [0.3, 0.4) is 0 Å². The van der Waals surface area contributed by atoms with Crippen LogP contribution in [0.4, 0.5) is 0 Å². The normalized spacial score (nSPS) is 11.2. The van der Waals surface area contributed by atoms with Gasteiger partial charge in [0.1, 0.15) is 13.2 Å². The first-order valence-electron chi connectivity index (χ1n) is 11.4. The van der Waals surface area contributed by atoms with Gasteiger partial charge in [0.05, 0.1) is 0 Å². The van der Waals surface area contributed by atoms with Crippen molar-refractivity contribution >= 4 is 19.8 Å². The summed E-state index contributed by atoms with van der Waals surface area (Å²) in [4.78, 5) is 23.4. The first kappa shape index (κ1) is 27.5. The molecule has 28 heavy (non-hydrogen) atoms. The summed E-state index contributed by atoms with van der Waals surface area (Å²) in [7, 11) is -2.76. The van der Waals surface area contributed by atoms with Crippen molar-refractivity contribution in [3.8, 4) is 0 Å². The van der Waals surface area contributed by atoms with E-state index in [0.29, 0.717) is 12.8 Å². The van der Waals surface area contributed by atoms with Gasteiger partial charge < -0.3 is 9.05 Å². The van der Waals surface area contributed by atoms with E-state index in [1.54, 1.807) is 0 Å². The number of unbranched alkanes of at least 4 members (excludes halogenated alkanes) is 12. The molecule has 0 radical (unpaired) electrons. The second-order valence-corrected chi connectivity index (χ2v) is 8.72. The van der Waals surface area contributed by atoms with Gasteiger partial charge >= 0.3 is 8.25 Å². The number of Topliss-reactive ketones (excluding diaryl/α,β-unsaturated/α-hetero) is 2. The highest BCUT2D eigenvalue weighted by molar-refractivity contribution is 7.33. The third kappa shape index (κ3) is 20.2. The first-order chi connectivity index (χ1) is 13.6. The van der Waals surface area contributed by atoms with E-state index in [2.05, 4.69) is 13.8 Å². The van der Waals surface area contributed by atoms with Gasteiger partial charge in [-0.2, -0.15) is 0 Å². The molecule has 0 aliphatic heterocycles. The monoisotopic (exact) mass is 418 g/mol. The second-order valence-electron chi connectivity index (χ2n) is 7.65. The van der Waals surface area contributed by atoms with Crippen LogP contribution >= 0.6 is 8.25 Å². The Morgan fingerprint density at radius 2 is 0.893 bits per heavy atom. The van der Waals surface area contributed by atoms with Crippen LogP contribution in [0, 0.1) is 0 Å². The van der Waals surface area contributed by atoms with Crippen molar-refractivity contribution in [3.63, 3.8) is 0 Å². The van der Waals surface area contributed by atoms with Gasteiger partial charge in [0.2, 0.25) is 0 Å². The van der Waals surface area contributed by atoms with Crippen molar-refractivity contribution in [2.45, 2.75) is 117 Å². The summed E-state index contributed by atoms with van der Waals surface area (Å²) in [5, 5.41) is 0. The summed E-state index contributed by atoms with van der Waals surface area (Å²) in [5.41, 5.74) is 0. The van der Waals surface area contributed by atoms with Crippen LogP contribution in [0.1, 0.15) is 117 Å². The van der Waals surface area contributed by atoms with E-state index < -0.39 is 8.25 Å². The van der Waals surface area contributed by atoms with Crippen LogP contribution in [0.2, 0.25) is 0 Å². The van der Waals surface area contributed by atoms with Crippen LogP contribution in [0.25, 0.3) is 0 Å². The lowest BCUT2D eigenvalue weighted by Crippen LogP contribution is -2.08. The van der Waals surface area contributed by atoms with Gasteiger partial charge in [0, 0.05) is 12.8 Å². The average Bonchev–Trinajstić information content (AvgIpc) is 2.69. The Morgan fingerprint density at radius 3 is 1.25 bits per heavy atom. The molecule has 0 aliphatic carbocycles. The molecule has 0 spiro atoms. The third-order valence-electron chi connectivity index (χ3n) is 4.82. The maximum absolute atomic E-state index is 11.7. The molecule has 0 heterocycles. The molecule has 0 unspecified atom stereocenters. The minimum atomic E-state index is -2.76. The van der Waals surface area contributed by atoms with Crippen LogP contribution in [-0.2, 0) is 23.2 Å². The molecule has 0 N–H and O–H groups in total. The topological polar surface area (TPSA) is 69.7 Å². The van der Waals surface area contributed by atoms with Gasteiger partial charge in [0.15, 0.2) is 11.6 Å². The molecule has 0 aromatic rings. The van der Waals surface area contributed by atoms with Crippen molar-refractivity contribution in [3.05, 3.63) is 0 Å². The number of ketones is 2. The highest BCUT2D eigenvalue weighted by Gasteiger charge is 2.09. The van der Waals surface area contributed by atoms with E-state index in [0.717, 1.165) is 38.5 Å². The fourth-order valence-corrected chi connectivity index (χ4v) is 3.66. The SMILES string of the molecule is CCCCCCCCCC(=O)CO[PH](=O)OCC(=O)CCCCCCCCC. The molecule has 0 bridgehead atoms. The Hall–Kier alpha value is -0.510. The quantitative estimate of drug-likeness (QED) is 0.142. The molecule has 0 aromatic heterocycles. The van der Waals surface area contributed by atoms with Gasteiger partial charge in [-0.15, -0.1) is 0 Å². The van der Waals surface area contributed by atoms with E-state index in [9.17, 15) is 14.2 Å². The van der Waals surface area contributed by atoms with E-state index in [1.165, 1.54) is 51.4 Å². The molecule has 5 nitrogen and oxygen atoms in total. The molecular weight excluding hydrogens is 375 g/mol. The zero-order valence-corrected chi connectivity index (χ0v) is 19.3. The van der Waals surface area contributed by atoms with E-state index >= 15 is 0 Å². The van der Waals surface area contributed by atoms with Crippen molar-refractivity contribution < 1.29 is 23.2 Å². The van der Waals surface area contributed by atoms with Crippen molar-refractivity contribution in [1.29, 1.82) is 0 Å². The maximum Gasteiger partial charge on any atom is 0.319 e. The molecule has 0 atom stereocenters. The van der Waals surface area contributed by atoms with Crippen LogP contribution in [0.15, 0.2) is 0 Å². The molecule has 0 fully saturated rings. The number of hydrogen-bond donors (Lipinski definition) is 0. The summed E-state index contributed by atoms with van der Waals surface area (Å²) in [6.07, 6.45) is 17.1. The van der Waals surface area contributed by atoms with Gasteiger partial charge in [-0.3, -0.25) is 14.2 Å². The number of rotatable bonds is 22. The maximum atomic E-state index is 11.7. The van der Waals surface area contributed by atoms with Gasteiger partial charge in [-0.25, -0.2) is 0 Å². The Morgan fingerprint density at radius 1 is 0.571 bits per heavy atom. The highest BCUT2D eigenvalue weighted by atomic mass is 31.1. The molecule has 0 saturated heterocycles. The van der Waals surface area contributed by atoms with Gasteiger partial charge in [-0.1, -0.05) is 90.9 Å². The Kier molecular flexibility index (Phi) is 20.8. The van der Waals surface area contributed by atoms with Crippen molar-refractivity contribution in [1.82, 2.24) is 0 Å².